The van der Waals surface area contributed by atoms with Crippen molar-refractivity contribution in [3.63, 3.8) is 0 Å². The largest absolute Gasteiger partial charge is 0.321 e. The second kappa shape index (κ2) is 9.09. The maximum Gasteiger partial charge on any atom is 0.255 e. The zero-order valence-corrected chi connectivity index (χ0v) is 17.7. The van der Waals surface area contributed by atoms with Crippen molar-refractivity contribution < 1.29 is 13.2 Å². The van der Waals surface area contributed by atoms with Crippen LogP contribution in [0.1, 0.15) is 17.3 Å². The quantitative estimate of drug-likeness (QED) is 0.729. The summed E-state index contributed by atoms with van der Waals surface area (Å²) in [6.07, 6.45) is 0. The Morgan fingerprint density at radius 2 is 1.79 bits per heavy atom. The number of benzene rings is 2. The Morgan fingerprint density at radius 1 is 1.07 bits per heavy atom. The molecule has 2 aromatic carbocycles. The lowest BCUT2D eigenvalue weighted by Gasteiger charge is -2.31. The van der Waals surface area contributed by atoms with Crippen molar-refractivity contribution in [2.75, 3.05) is 44.3 Å². The van der Waals surface area contributed by atoms with E-state index in [1.165, 1.54) is 10.4 Å². The molecule has 1 heterocycles. The van der Waals surface area contributed by atoms with E-state index in [-0.39, 0.29) is 10.8 Å². The number of nitrogens with zero attached hydrogens (tertiary/aromatic N) is 2. The second-order valence-electron chi connectivity index (χ2n) is 6.62. The molecule has 0 atom stereocenters. The number of hydrogen-bond donors (Lipinski definition) is 1. The van der Waals surface area contributed by atoms with E-state index in [0.29, 0.717) is 31.7 Å². The Bertz CT molecular complexity index is 939. The first-order chi connectivity index (χ1) is 13.4. The lowest BCUT2D eigenvalue weighted by Crippen LogP contribution is -2.47. The Labute approximate surface area is 171 Å². The summed E-state index contributed by atoms with van der Waals surface area (Å²) >= 11 is 1.64. The van der Waals surface area contributed by atoms with Crippen LogP contribution in [0.3, 0.4) is 0 Å². The molecule has 0 spiro atoms. The van der Waals surface area contributed by atoms with Gasteiger partial charge in [-0.25, -0.2) is 8.42 Å². The molecule has 0 saturated carbocycles. The van der Waals surface area contributed by atoms with Crippen molar-refractivity contribution in [3.8, 4) is 0 Å². The number of amides is 1. The van der Waals surface area contributed by atoms with Crippen molar-refractivity contribution in [3.05, 3.63) is 54.1 Å². The van der Waals surface area contributed by atoms with Crippen molar-refractivity contribution in [1.82, 2.24) is 9.21 Å². The summed E-state index contributed by atoms with van der Waals surface area (Å²) in [5, 5.41) is 2.90. The molecule has 1 N–H and O–H groups in total. The number of para-hydroxylation sites is 1. The first-order valence-corrected chi connectivity index (χ1v) is 11.7. The molecule has 3 rings (SSSR count). The number of hydrogen-bond acceptors (Lipinski definition) is 5. The predicted octanol–water partition coefficient (Wildman–Crippen LogP) is 2.99. The molecule has 0 unspecified atom stereocenters. The molecule has 0 bridgehead atoms. The van der Waals surface area contributed by atoms with E-state index in [0.717, 1.165) is 16.3 Å². The topological polar surface area (TPSA) is 69.7 Å². The summed E-state index contributed by atoms with van der Waals surface area (Å²) in [5.41, 5.74) is 1.05. The maximum absolute atomic E-state index is 12.9. The molecule has 8 heteroatoms. The van der Waals surface area contributed by atoms with Crippen LogP contribution >= 0.6 is 11.8 Å². The van der Waals surface area contributed by atoms with E-state index in [1.54, 1.807) is 30.0 Å². The summed E-state index contributed by atoms with van der Waals surface area (Å²) in [4.78, 5) is 16.0. The van der Waals surface area contributed by atoms with Crippen LogP contribution in [0.5, 0.6) is 0 Å². The van der Waals surface area contributed by atoms with Gasteiger partial charge in [-0.3, -0.25) is 4.79 Å². The van der Waals surface area contributed by atoms with E-state index < -0.39 is 10.0 Å². The molecule has 1 amide bonds. The van der Waals surface area contributed by atoms with E-state index in [2.05, 4.69) is 17.1 Å². The molecule has 0 radical (unpaired) electrons. The minimum atomic E-state index is -3.61. The zero-order valence-electron chi connectivity index (χ0n) is 16.1. The number of sulfonamides is 1. The second-order valence-corrected chi connectivity index (χ2v) is 9.86. The predicted molar refractivity (Wildman–Crippen MR) is 113 cm³/mol. The van der Waals surface area contributed by atoms with Gasteiger partial charge in [-0.05, 0) is 43.1 Å². The number of nitrogens with one attached hydrogen (secondary N) is 1. The molecule has 150 valence electrons. The van der Waals surface area contributed by atoms with Gasteiger partial charge in [-0.2, -0.15) is 4.31 Å². The van der Waals surface area contributed by atoms with E-state index >= 15 is 0 Å². The van der Waals surface area contributed by atoms with Gasteiger partial charge in [0.05, 0.1) is 10.6 Å². The molecule has 6 nitrogen and oxygen atoms in total. The average molecular weight is 420 g/mol. The Balaban J connectivity index is 1.80. The Kier molecular flexibility index (Phi) is 6.77. The number of thioether (sulfide) groups is 1. The first kappa shape index (κ1) is 20.9. The van der Waals surface area contributed by atoms with Crippen molar-refractivity contribution in [2.45, 2.75) is 16.7 Å². The minimum Gasteiger partial charge on any atom is -0.321 e. The lowest BCUT2D eigenvalue weighted by atomic mass is 10.2. The highest BCUT2D eigenvalue weighted by molar-refractivity contribution is 7.99. The smallest absolute Gasteiger partial charge is 0.255 e. The van der Waals surface area contributed by atoms with Gasteiger partial charge in [-0.1, -0.05) is 25.1 Å². The molecule has 0 aliphatic carbocycles. The number of piperazine rings is 1. The number of anilines is 1. The van der Waals surface area contributed by atoms with Gasteiger partial charge in [0.1, 0.15) is 0 Å². The SMILES string of the molecule is CCSc1ccccc1NC(=O)c1cccc(S(=O)(=O)N2CCN(C)CC2)c1. The Hall–Kier alpha value is -1.87. The van der Waals surface area contributed by atoms with Crippen LogP contribution in [0.15, 0.2) is 58.3 Å². The van der Waals surface area contributed by atoms with E-state index in [1.807, 2.05) is 31.3 Å². The maximum atomic E-state index is 12.9. The van der Waals surface area contributed by atoms with Crippen LogP contribution in [-0.2, 0) is 10.0 Å². The van der Waals surface area contributed by atoms with E-state index in [4.69, 9.17) is 0 Å². The molecule has 2 aromatic rings. The van der Waals surface area contributed by atoms with Gasteiger partial charge in [0.25, 0.3) is 5.91 Å². The summed E-state index contributed by atoms with van der Waals surface area (Å²) in [6, 6.07) is 13.8. The third kappa shape index (κ3) is 4.75. The summed E-state index contributed by atoms with van der Waals surface area (Å²) in [5.74, 6) is 0.575. The first-order valence-electron chi connectivity index (χ1n) is 9.23. The van der Waals surface area contributed by atoms with Crippen LogP contribution in [0.4, 0.5) is 5.69 Å². The van der Waals surface area contributed by atoms with Crippen molar-refractivity contribution in [2.24, 2.45) is 0 Å². The van der Waals surface area contributed by atoms with Crippen LogP contribution in [0.2, 0.25) is 0 Å². The average Bonchev–Trinajstić information content (AvgIpc) is 2.70. The van der Waals surface area contributed by atoms with Gasteiger partial charge in [-0.15, -0.1) is 11.8 Å². The third-order valence-electron chi connectivity index (χ3n) is 4.63. The molecular formula is C20H25N3O3S2. The van der Waals surface area contributed by atoms with E-state index in [9.17, 15) is 13.2 Å². The van der Waals surface area contributed by atoms with Gasteiger partial charge < -0.3 is 10.2 Å². The Morgan fingerprint density at radius 3 is 2.50 bits per heavy atom. The van der Waals surface area contributed by atoms with Gasteiger partial charge in [0, 0.05) is 36.6 Å². The van der Waals surface area contributed by atoms with Gasteiger partial charge >= 0.3 is 0 Å². The highest BCUT2D eigenvalue weighted by atomic mass is 32.2. The standard InChI is InChI=1S/C20H25N3O3S2/c1-3-27-19-10-5-4-9-18(19)21-20(24)16-7-6-8-17(15-16)28(25,26)23-13-11-22(2)12-14-23/h4-10,15H,3,11-14H2,1-2H3,(H,21,24). The fraction of sp³-hybridized carbons (Fsp3) is 0.350. The molecule has 1 saturated heterocycles. The highest BCUT2D eigenvalue weighted by Gasteiger charge is 2.28. The fourth-order valence-electron chi connectivity index (χ4n) is 3.02. The van der Waals surface area contributed by atoms with Gasteiger partial charge in [0.15, 0.2) is 0 Å². The molecular weight excluding hydrogens is 394 g/mol. The monoisotopic (exact) mass is 419 g/mol. The number of rotatable bonds is 6. The highest BCUT2D eigenvalue weighted by Crippen LogP contribution is 2.27. The van der Waals surface area contributed by atoms with Crippen LogP contribution < -0.4 is 5.32 Å². The summed E-state index contributed by atoms with van der Waals surface area (Å²) < 4.78 is 27.4. The lowest BCUT2D eigenvalue weighted by molar-refractivity contribution is 0.102. The number of likely N-dealkylation sites (N-methyl/N-ethyl adjacent to an activating group) is 1. The minimum absolute atomic E-state index is 0.154. The van der Waals surface area contributed by atoms with Crippen LogP contribution in [0, 0.1) is 0 Å². The zero-order chi connectivity index (χ0) is 20.1. The van der Waals surface area contributed by atoms with Crippen LogP contribution in [-0.4, -0.2) is 62.5 Å². The molecule has 1 aliphatic rings. The fourth-order valence-corrected chi connectivity index (χ4v) is 5.25. The molecule has 28 heavy (non-hydrogen) atoms. The van der Waals surface area contributed by atoms with Crippen molar-refractivity contribution in [1.29, 1.82) is 0 Å². The van der Waals surface area contributed by atoms with Crippen LogP contribution in [0.25, 0.3) is 0 Å². The number of carbonyl (C=O) groups excluding carboxylic acids is 1. The summed E-state index contributed by atoms with van der Waals surface area (Å²) in [6.45, 7) is 4.36. The molecule has 1 fully saturated rings. The van der Waals surface area contributed by atoms with Gasteiger partial charge in [0.2, 0.25) is 10.0 Å². The van der Waals surface area contributed by atoms with Crippen molar-refractivity contribution >= 4 is 33.4 Å². The number of carbonyl (C=O) groups is 1. The molecule has 1 aliphatic heterocycles. The normalized spacial score (nSPS) is 16.1. The third-order valence-corrected chi connectivity index (χ3v) is 7.48. The summed E-state index contributed by atoms with van der Waals surface area (Å²) in [7, 11) is -1.63. The molecule has 0 aromatic heterocycles.